The maximum Gasteiger partial charge on any atom is 0.289 e. The van der Waals surface area contributed by atoms with E-state index in [9.17, 15) is 4.79 Å². The van der Waals surface area contributed by atoms with Gasteiger partial charge >= 0.3 is 0 Å². The minimum Gasteiger partial charge on any atom is -0.459 e. The lowest BCUT2D eigenvalue weighted by Crippen LogP contribution is -2.53. The van der Waals surface area contributed by atoms with Gasteiger partial charge in [0, 0.05) is 52.5 Å². The Morgan fingerprint density at radius 3 is 2.36 bits per heavy atom. The predicted molar refractivity (Wildman–Crippen MR) is 112 cm³/mol. The van der Waals surface area contributed by atoms with Gasteiger partial charge in [0.05, 0.1) is 12.8 Å². The molecule has 28 heavy (non-hydrogen) atoms. The number of furan rings is 1. The molecule has 7 nitrogen and oxygen atoms in total. The second-order valence-electron chi connectivity index (χ2n) is 6.99. The lowest BCUT2D eigenvalue weighted by Gasteiger charge is -2.36. The van der Waals surface area contributed by atoms with Crippen molar-refractivity contribution < 1.29 is 9.21 Å². The van der Waals surface area contributed by atoms with Crippen LogP contribution < -0.4 is 10.2 Å². The molecule has 1 amide bonds. The van der Waals surface area contributed by atoms with Crippen LogP contribution in [0.5, 0.6) is 0 Å². The van der Waals surface area contributed by atoms with Crippen molar-refractivity contribution in [2.24, 2.45) is 4.99 Å². The zero-order valence-electron chi connectivity index (χ0n) is 16.9. The molecule has 3 rings (SSSR count). The van der Waals surface area contributed by atoms with E-state index in [-0.39, 0.29) is 5.91 Å². The van der Waals surface area contributed by atoms with Crippen LogP contribution in [-0.4, -0.2) is 68.5 Å². The Balaban J connectivity index is 1.59. The molecule has 2 heterocycles. The Morgan fingerprint density at radius 2 is 1.79 bits per heavy atom. The maximum absolute atomic E-state index is 12.4. The summed E-state index contributed by atoms with van der Waals surface area (Å²) in [7, 11) is 4.07. The third-order valence-electron chi connectivity index (χ3n) is 4.80. The van der Waals surface area contributed by atoms with Crippen LogP contribution in [0.3, 0.4) is 0 Å². The van der Waals surface area contributed by atoms with Crippen LogP contribution in [0.25, 0.3) is 0 Å². The molecule has 0 unspecified atom stereocenters. The van der Waals surface area contributed by atoms with Crippen molar-refractivity contribution in [1.82, 2.24) is 15.1 Å². The number of nitrogens with one attached hydrogen (secondary N) is 1. The average molecular weight is 383 g/mol. The van der Waals surface area contributed by atoms with E-state index in [0.29, 0.717) is 25.4 Å². The minimum absolute atomic E-state index is 0.0485. The Morgan fingerprint density at radius 1 is 1.11 bits per heavy atom. The van der Waals surface area contributed by atoms with E-state index in [1.807, 2.05) is 19.0 Å². The van der Waals surface area contributed by atoms with E-state index in [2.05, 4.69) is 46.3 Å². The van der Waals surface area contributed by atoms with Crippen LogP contribution in [0, 0.1) is 0 Å². The third-order valence-corrected chi connectivity index (χ3v) is 4.80. The lowest BCUT2D eigenvalue weighted by molar-refractivity contribution is 0.0657. The quantitative estimate of drug-likeness (QED) is 0.634. The fraction of sp³-hybridized carbons (Fsp3) is 0.429. The van der Waals surface area contributed by atoms with Gasteiger partial charge in [0.15, 0.2) is 11.7 Å². The van der Waals surface area contributed by atoms with Crippen LogP contribution in [-0.2, 0) is 6.54 Å². The minimum atomic E-state index is -0.0485. The maximum atomic E-state index is 12.4. The molecule has 0 spiro atoms. The molecule has 0 atom stereocenters. The van der Waals surface area contributed by atoms with E-state index in [1.165, 1.54) is 17.5 Å². The number of nitrogens with zero attached hydrogens (tertiary/aromatic N) is 4. The Labute approximate surface area is 166 Å². The normalized spacial score (nSPS) is 14.9. The second kappa shape index (κ2) is 9.30. The lowest BCUT2D eigenvalue weighted by atomic mass is 10.2. The van der Waals surface area contributed by atoms with E-state index in [4.69, 9.17) is 9.41 Å². The third kappa shape index (κ3) is 4.85. The van der Waals surface area contributed by atoms with Crippen LogP contribution >= 0.6 is 0 Å². The van der Waals surface area contributed by atoms with Gasteiger partial charge in [-0.15, -0.1) is 0 Å². The van der Waals surface area contributed by atoms with Gasteiger partial charge in [-0.1, -0.05) is 12.1 Å². The molecular formula is C21H29N5O2. The molecule has 0 bridgehead atoms. The molecule has 1 aliphatic rings. The highest BCUT2D eigenvalue weighted by Gasteiger charge is 2.25. The van der Waals surface area contributed by atoms with Crippen molar-refractivity contribution >= 4 is 17.6 Å². The number of piperazine rings is 1. The first-order valence-electron chi connectivity index (χ1n) is 9.70. The van der Waals surface area contributed by atoms with Gasteiger partial charge < -0.3 is 24.4 Å². The smallest absolute Gasteiger partial charge is 0.289 e. The molecular weight excluding hydrogens is 354 g/mol. The number of carbonyl (C=O) groups excluding carboxylic acids is 1. The van der Waals surface area contributed by atoms with Crippen molar-refractivity contribution in [3.05, 3.63) is 54.0 Å². The summed E-state index contributed by atoms with van der Waals surface area (Å²) in [4.78, 5) is 23.3. The van der Waals surface area contributed by atoms with E-state index < -0.39 is 0 Å². The number of anilines is 1. The molecule has 0 saturated carbocycles. The zero-order chi connectivity index (χ0) is 19.9. The van der Waals surface area contributed by atoms with Gasteiger partial charge in [-0.2, -0.15) is 0 Å². The number of hydrogen-bond acceptors (Lipinski definition) is 4. The molecule has 150 valence electrons. The summed E-state index contributed by atoms with van der Waals surface area (Å²) in [6, 6.07) is 11.9. The topological polar surface area (TPSA) is 64.3 Å². The molecule has 1 aromatic heterocycles. The van der Waals surface area contributed by atoms with Crippen molar-refractivity contribution in [2.75, 3.05) is 51.7 Å². The summed E-state index contributed by atoms with van der Waals surface area (Å²) in [6.45, 7) is 6.31. The SMILES string of the molecule is CCNC(=NCc1ccc(N(C)C)cc1)N1CCN(C(=O)c2ccco2)CC1. The van der Waals surface area contributed by atoms with Gasteiger partial charge in [-0.25, -0.2) is 4.99 Å². The predicted octanol–water partition coefficient (Wildman–Crippen LogP) is 2.27. The summed E-state index contributed by atoms with van der Waals surface area (Å²) in [5.41, 5.74) is 2.35. The summed E-state index contributed by atoms with van der Waals surface area (Å²) in [5, 5.41) is 3.37. The van der Waals surface area contributed by atoms with Crippen LogP contribution in [0.1, 0.15) is 23.0 Å². The fourth-order valence-electron chi connectivity index (χ4n) is 3.17. The number of benzene rings is 1. The van der Waals surface area contributed by atoms with Gasteiger partial charge in [0.1, 0.15) is 0 Å². The Bertz CT molecular complexity index is 776. The Hall–Kier alpha value is -2.96. The molecule has 0 radical (unpaired) electrons. The highest BCUT2D eigenvalue weighted by atomic mass is 16.3. The van der Waals surface area contributed by atoms with Crippen molar-refractivity contribution in [2.45, 2.75) is 13.5 Å². The van der Waals surface area contributed by atoms with Crippen molar-refractivity contribution in [1.29, 1.82) is 0 Å². The highest BCUT2D eigenvalue weighted by molar-refractivity contribution is 5.91. The molecule has 1 aliphatic heterocycles. The van der Waals surface area contributed by atoms with Crippen molar-refractivity contribution in [3.63, 3.8) is 0 Å². The standard InChI is InChI=1S/C21H29N5O2/c1-4-22-21(23-16-17-7-9-18(10-8-17)24(2)3)26-13-11-25(12-14-26)20(27)19-6-5-15-28-19/h5-10,15H,4,11-14,16H2,1-3H3,(H,22,23). The first kappa shape index (κ1) is 19.8. The summed E-state index contributed by atoms with van der Waals surface area (Å²) in [6.07, 6.45) is 1.53. The summed E-state index contributed by atoms with van der Waals surface area (Å²) >= 11 is 0. The van der Waals surface area contributed by atoms with E-state index >= 15 is 0 Å². The van der Waals surface area contributed by atoms with Crippen LogP contribution in [0.2, 0.25) is 0 Å². The zero-order valence-corrected chi connectivity index (χ0v) is 16.9. The first-order valence-corrected chi connectivity index (χ1v) is 9.70. The molecule has 1 aromatic carbocycles. The highest BCUT2D eigenvalue weighted by Crippen LogP contribution is 2.14. The second-order valence-corrected chi connectivity index (χ2v) is 6.99. The van der Waals surface area contributed by atoms with Crippen molar-refractivity contribution in [3.8, 4) is 0 Å². The fourth-order valence-corrected chi connectivity index (χ4v) is 3.17. The average Bonchev–Trinajstić information content (AvgIpc) is 3.26. The van der Waals surface area contributed by atoms with Gasteiger partial charge in [-0.05, 0) is 36.8 Å². The molecule has 0 aliphatic carbocycles. The van der Waals surface area contributed by atoms with Gasteiger partial charge in [0.25, 0.3) is 5.91 Å². The molecule has 1 N–H and O–H groups in total. The number of carbonyl (C=O) groups is 1. The first-order chi connectivity index (χ1) is 13.6. The monoisotopic (exact) mass is 383 g/mol. The molecule has 2 aromatic rings. The largest absolute Gasteiger partial charge is 0.459 e. The molecule has 1 saturated heterocycles. The Kier molecular flexibility index (Phi) is 6.57. The molecule has 7 heteroatoms. The number of amides is 1. The van der Waals surface area contributed by atoms with Crippen LogP contribution in [0.4, 0.5) is 5.69 Å². The van der Waals surface area contributed by atoms with Gasteiger partial charge in [0.2, 0.25) is 0 Å². The molecule has 1 fully saturated rings. The number of rotatable bonds is 5. The number of guanidine groups is 1. The van der Waals surface area contributed by atoms with Crippen LogP contribution in [0.15, 0.2) is 52.1 Å². The van der Waals surface area contributed by atoms with E-state index in [0.717, 1.165) is 25.6 Å². The van der Waals surface area contributed by atoms with Gasteiger partial charge in [-0.3, -0.25) is 4.79 Å². The number of aliphatic imine (C=N–C) groups is 1. The van der Waals surface area contributed by atoms with E-state index in [1.54, 1.807) is 12.1 Å². The summed E-state index contributed by atoms with van der Waals surface area (Å²) in [5.74, 6) is 1.24. The number of hydrogen-bond donors (Lipinski definition) is 1. The summed E-state index contributed by atoms with van der Waals surface area (Å²) < 4.78 is 5.23.